The molecule has 1 atom stereocenters. The van der Waals surface area contributed by atoms with Crippen molar-refractivity contribution in [2.24, 2.45) is 5.41 Å². The van der Waals surface area contributed by atoms with Gasteiger partial charge in [0.05, 0.1) is 0 Å². The van der Waals surface area contributed by atoms with E-state index in [-0.39, 0.29) is 17.9 Å². The highest BCUT2D eigenvalue weighted by atomic mass is 16.5. The highest BCUT2D eigenvalue weighted by Gasteiger charge is 2.43. The molecule has 4 rings (SSSR count). The molecule has 7 heteroatoms. The summed E-state index contributed by atoms with van der Waals surface area (Å²) in [7, 11) is 0. The Morgan fingerprint density at radius 1 is 1.18 bits per heavy atom. The standard InChI is InChI=1S/C21H28N4O3/c26-19(14-25-15-20(27)28-22-25)24-13-10-21(17-24)9-5-12-23(16-21)11-4-8-18-6-2-1-3-7-18/h1-3,6-7,15H,4-5,8-14,16-17H2/p+1/t21-/m0/s1. The largest absolute Gasteiger partial charge is 0.426 e. The molecule has 150 valence electrons. The van der Waals surface area contributed by atoms with Gasteiger partial charge in [-0.15, -0.1) is 0 Å². The maximum atomic E-state index is 12.6. The van der Waals surface area contributed by atoms with E-state index in [1.807, 2.05) is 4.90 Å². The highest BCUT2D eigenvalue weighted by molar-refractivity contribution is 5.75. The summed E-state index contributed by atoms with van der Waals surface area (Å²) in [5.74, 6) is 0.0418. The third kappa shape index (κ3) is 4.52. The second-order valence-electron chi connectivity index (χ2n) is 8.30. The van der Waals surface area contributed by atoms with E-state index in [9.17, 15) is 9.59 Å². The van der Waals surface area contributed by atoms with E-state index in [4.69, 9.17) is 0 Å². The Morgan fingerprint density at radius 2 is 2.04 bits per heavy atom. The molecule has 1 aromatic carbocycles. The molecule has 2 fully saturated rings. The van der Waals surface area contributed by atoms with Gasteiger partial charge in [0.1, 0.15) is 0 Å². The van der Waals surface area contributed by atoms with Crippen molar-refractivity contribution < 1.29 is 14.0 Å². The number of likely N-dealkylation sites (tertiary alicyclic amines) is 2. The lowest BCUT2D eigenvalue weighted by atomic mass is 9.79. The van der Waals surface area contributed by atoms with E-state index < -0.39 is 5.63 Å². The number of aromatic nitrogens is 2. The average molecular weight is 385 g/mol. The molecule has 28 heavy (non-hydrogen) atoms. The Kier molecular flexibility index (Phi) is 5.62. The minimum atomic E-state index is -0.468. The first-order valence-corrected chi connectivity index (χ1v) is 10.2. The van der Waals surface area contributed by atoms with Gasteiger partial charge in [-0.3, -0.25) is 9.32 Å². The van der Waals surface area contributed by atoms with Crippen LogP contribution in [0.4, 0.5) is 0 Å². The minimum Gasteiger partial charge on any atom is -0.337 e. The van der Waals surface area contributed by atoms with E-state index in [1.165, 1.54) is 35.7 Å². The van der Waals surface area contributed by atoms with Crippen LogP contribution >= 0.6 is 0 Å². The summed E-state index contributed by atoms with van der Waals surface area (Å²) in [4.78, 5) is 28.2. The summed E-state index contributed by atoms with van der Waals surface area (Å²) in [5, 5.41) is 2.45. The van der Waals surface area contributed by atoms with Gasteiger partial charge in [0, 0.05) is 25.0 Å². The zero-order valence-electron chi connectivity index (χ0n) is 16.3. The van der Waals surface area contributed by atoms with Gasteiger partial charge >= 0.3 is 5.63 Å². The van der Waals surface area contributed by atoms with Crippen molar-refractivity contribution in [2.75, 3.05) is 32.7 Å². The first kappa shape index (κ1) is 18.9. The normalized spacial score (nSPS) is 22.8. The number of hydrogen-bond donors (Lipinski definition) is 1. The van der Waals surface area contributed by atoms with Crippen molar-refractivity contribution in [3.63, 3.8) is 0 Å². The second-order valence-corrected chi connectivity index (χ2v) is 8.30. The molecule has 2 aliphatic rings. The van der Waals surface area contributed by atoms with Crippen molar-refractivity contribution >= 4 is 5.91 Å². The molecule has 2 saturated heterocycles. The van der Waals surface area contributed by atoms with Gasteiger partial charge in [-0.05, 0) is 56.0 Å². The van der Waals surface area contributed by atoms with Gasteiger partial charge < -0.3 is 9.80 Å². The zero-order valence-corrected chi connectivity index (χ0v) is 16.3. The van der Waals surface area contributed by atoms with Gasteiger partial charge in [0.25, 0.3) is 18.6 Å². The number of nitrogens with zero attached hydrogens (tertiary/aromatic N) is 3. The van der Waals surface area contributed by atoms with Crippen LogP contribution in [0.1, 0.15) is 31.2 Å². The summed E-state index contributed by atoms with van der Waals surface area (Å²) < 4.78 is 6.04. The first-order valence-electron chi connectivity index (χ1n) is 10.2. The molecule has 0 bridgehead atoms. The molecule has 1 spiro atoms. The number of aromatic amines is 1. The second kappa shape index (κ2) is 8.31. The van der Waals surface area contributed by atoms with Gasteiger partial charge in [-0.2, -0.15) is 0 Å². The van der Waals surface area contributed by atoms with Gasteiger partial charge in [0.2, 0.25) is 0 Å². The van der Waals surface area contributed by atoms with E-state index in [2.05, 4.69) is 45.0 Å². The van der Waals surface area contributed by atoms with Crippen molar-refractivity contribution in [2.45, 2.75) is 38.6 Å². The number of hydrogen-bond acceptors (Lipinski definition) is 4. The Bertz CT molecular complexity index is 847. The molecule has 0 radical (unpaired) electrons. The Labute approximate surface area is 164 Å². The van der Waals surface area contributed by atoms with Crippen LogP contribution in [0.3, 0.4) is 0 Å². The number of rotatable bonds is 6. The molecule has 1 aromatic heterocycles. The molecular weight excluding hydrogens is 356 g/mol. The quantitative estimate of drug-likeness (QED) is 0.759. The Morgan fingerprint density at radius 3 is 2.82 bits per heavy atom. The molecule has 2 aliphatic heterocycles. The summed E-state index contributed by atoms with van der Waals surface area (Å²) in [6.07, 6.45) is 7.04. The molecule has 0 aliphatic carbocycles. The van der Waals surface area contributed by atoms with E-state index in [1.54, 1.807) is 0 Å². The maximum absolute atomic E-state index is 12.6. The van der Waals surface area contributed by atoms with Gasteiger partial charge in [-0.25, -0.2) is 4.79 Å². The highest BCUT2D eigenvalue weighted by Crippen LogP contribution is 2.39. The summed E-state index contributed by atoms with van der Waals surface area (Å²) in [6.45, 7) is 5.13. The SMILES string of the molecule is O=C(C[n+]1cc(=O)o[nH]1)N1CC[C@]2(CCCN(CCCc3ccccc3)C2)C1. The number of H-pyrrole nitrogens is 1. The fourth-order valence-electron chi connectivity index (χ4n) is 4.74. The number of benzene rings is 1. The lowest BCUT2D eigenvalue weighted by molar-refractivity contribution is -0.751. The predicted octanol–water partition coefficient (Wildman–Crippen LogP) is 1.20. The summed E-state index contributed by atoms with van der Waals surface area (Å²) in [6, 6.07) is 10.7. The minimum absolute atomic E-state index is 0.0418. The number of piperidine rings is 1. The number of carbonyl (C=O) groups is 1. The van der Waals surface area contributed by atoms with E-state index in [0.29, 0.717) is 0 Å². The monoisotopic (exact) mass is 385 g/mol. The van der Waals surface area contributed by atoms with Gasteiger partial charge in [-0.1, -0.05) is 35.0 Å². The lowest BCUT2D eigenvalue weighted by Gasteiger charge is -2.40. The average Bonchev–Trinajstić information content (AvgIpc) is 3.29. The van der Waals surface area contributed by atoms with Crippen LogP contribution in [0, 0.1) is 5.41 Å². The lowest BCUT2D eigenvalue weighted by Crippen LogP contribution is -2.48. The fourth-order valence-corrected chi connectivity index (χ4v) is 4.74. The fraction of sp³-hybridized carbons (Fsp3) is 0.571. The number of nitrogens with one attached hydrogen (secondary N) is 1. The van der Waals surface area contributed by atoms with Crippen LogP contribution < -0.4 is 10.3 Å². The summed E-state index contributed by atoms with van der Waals surface area (Å²) in [5.41, 5.74) is 1.17. The number of amides is 1. The van der Waals surface area contributed by atoms with E-state index in [0.717, 1.165) is 45.6 Å². The van der Waals surface area contributed by atoms with Crippen LogP contribution in [-0.2, 0) is 17.8 Å². The van der Waals surface area contributed by atoms with Crippen LogP contribution in [0.25, 0.3) is 0 Å². The van der Waals surface area contributed by atoms with Crippen LogP contribution in [-0.4, -0.2) is 53.7 Å². The van der Waals surface area contributed by atoms with E-state index >= 15 is 0 Å². The molecule has 0 unspecified atom stereocenters. The van der Waals surface area contributed by atoms with Crippen molar-refractivity contribution in [3.05, 3.63) is 52.5 Å². The molecule has 0 saturated carbocycles. The Balaban J connectivity index is 1.27. The third-order valence-corrected chi connectivity index (χ3v) is 6.14. The predicted molar refractivity (Wildman–Crippen MR) is 104 cm³/mol. The first-order chi connectivity index (χ1) is 13.6. The van der Waals surface area contributed by atoms with Gasteiger partial charge in [0.15, 0.2) is 0 Å². The van der Waals surface area contributed by atoms with Crippen molar-refractivity contribution in [1.82, 2.24) is 15.1 Å². The van der Waals surface area contributed by atoms with Crippen molar-refractivity contribution in [3.8, 4) is 0 Å². The topological polar surface area (TPSA) is 73.4 Å². The maximum Gasteiger partial charge on any atom is 0.426 e. The van der Waals surface area contributed by atoms with Crippen LogP contribution in [0.15, 0.2) is 45.8 Å². The smallest absolute Gasteiger partial charge is 0.337 e. The van der Waals surface area contributed by atoms with Crippen LogP contribution in [0.2, 0.25) is 0 Å². The molecule has 7 nitrogen and oxygen atoms in total. The Hall–Kier alpha value is -2.41. The summed E-state index contributed by atoms with van der Waals surface area (Å²) >= 11 is 0. The molecular formula is C21H29N4O3+. The number of aryl methyl sites for hydroxylation is 1. The molecule has 1 amide bonds. The van der Waals surface area contributed by atoms with Crippen molar-refractivity contribution in [1.29, 1.82) is 0 Å². The number of carbonyl (C=O) groups excluding carboxylic acids is 1. The zero-order chi connectivity index (χ0) is 19.4. The molecule has 2 aromatic rings. The van der Waals surface area contributed by atoms with Crippen LogP contribution in [0.5, 0.6) is 0 Å². The molecule has 3 heterocycles. The molecule has 1 N–H and O–H groups in total. The third-order valence-electron chi connectivity index (χ3n) is 6.14.